The lowest BCUT2D eigenvalue weighted by Gasteiger charge is -2.12. The van der Waals surface area contributed by atoms with Crippen molar-refractivity contribution in [2.45, 2.75) is 0 Å². The van der Waals surface area contributed by atoms with Crippen LogP contribution in [0.4, 0.5) is 5.82 Å². The van der Waals surface area contributed by atoms with E-state index < -0.39 is 23.3 Å². The van der Waals surface area contributed by atoms with Gasteiger partial charge in [0.05, 0.1) is 29.0 Å². The van der Waals surface area contributed by atoms with Crippen LogP contribution in [0.5, 0.6) is 0 Å². The third-order valence-electron chi connectivity index (χ3n) is 3.84. The fourth-order valence-electron chi connectivity index (χ4n) is 2.59. The summed E-state index contributed by atoms with van der Waals surface area (Å²) in [6.07, 6.45) is 0. The van der Waals surface area contributed by atoms with E-state index in [1.807, 2.05) is 0 Å². The summed E-state index contributed by atoms with van der Waals surface area (Å²) in [7, 11) is 1.50. The van der Waals surface area contributed by atoms with Gasteiger partial charge in [-0.2, -0.15) is 0 Å². The number of aromatic nitrogens is 1. The number of hydrogen-bond donors (Lipinski definition) is 2. The van der Waals surface area contributed by atoms with E-state index in [9.17, 15) is 19.2 Å². The Labute approximate surface area is 147 Å². The highest BCUT2D eigenvalue weighted by molar-refractivity contribution is 6.23. The molecule has 1 aromatic heterocycles. The molecular formula is C17H15N3O6. The van der Waals surface area contributed by atoms with Crippen molar-refractivity contribution in [3.8, 4) is 5.69 Å². The molecule has 1 aliphatic heterocycles. The minimum Gasteiger partial charge on any atom is -0.460 e. The zero-order chi connectivity index (χ0) is 18.8. The van der Waals surface area contributed by atoms with Crippen LogP contribution in [0.25, 0.3) is 5.69 Å². The number of benzene rings is 1. The van der Waals surface area contributed by atoms with E-state index in [4.69, 9.17) is 15.2 Å². The molecule has 2 amide bonds. The third kappa shape index (κ3) is 2.95. The molecule has 9 heteroatoms. The topological polar surface area (TPSA) is 130 Å². The standard InChI is InChI=1S/C17H15N3O6/c1-25-6-7-26-17(24)9-2-4-10(5-3-9)20-12(21)8-11-13(14(20)18)16(23)19-15(11)22/h2-5,8H,6-7,18H2,1H3,(H,19,22,23). The number of fused-ring (bicyclic) bond motifs is 1. The second-order valence-corrected chi connectivity index (χ2v) is 5.45. The first-order chi connectivity index (χ1) is 12.4. The number of nitrogens with two attached hydrogens (primary N) is 1. The van der Waals surface area contributed by atoms with Gasteiger partial charge >= 0.3 is 5.97 Å². The number of rotatable bonds is 5. The molecule has 0 radical (unpaired) electrons. The predicted molar refractivity (Wildman–Crippen MR) is 90.4 cm³/mol. The molecule has 134 valence electrons. The average molecular weight is 357 g/mol. The molecule has 0 unspecified atom stereocenters. The van der Waals surface area contributed by atoms with Crippen LogP contribution in [0.1, 0.15) is 31.1 Å². The number of anilines is 1. The summed E-state index contributed by atoms with van der Waals surface area (Å²) in [5.41, 5.74) is 5.91. The zero-order valence-corrected chi connectivity index (χ0v) is 13.8. The van der Waals surface area contributed by atoms with Gasteiger partial charge in [-0.3, -0.25) is 24.3 Å². The van der Waals surface area contributed by atoms with Crippen LogP contribution >= 0.6 is 0 Å². The fourth-order valence-corrected chi connectivity index (χ4v) is 2.59. The van der Waals surface area contributed by atoms with Gasteiger partial charge in [-0.15, -0.1) is 0 Å². The predicted octanol–water partition coefficient (Wildman–Crippen LogP) is 0.107. The lowest BCUT2D eigenvalue weighted by molar-refractivity contribution is 0.0388. The molecule has 26 heavy (non-hydrogen) atoms. The first kappa shape index (κ1) is 17.4. The lowest BCUT2D eigenvalue weighted by Crippen LogP contribution is -2.24. The Balaban J connectivity index is 1.95. The molecule has 2 aromatic rings. The Bertz CT molecular complexity index is 962. The summed E-state index contributed by atoms with van der Waals surface area (Å²) in [6.45, 7) is 0.406. The first-order valence-electron chi connectivity index (χ1n) is 7.61. The highest BCUT2D eigenvalue weighted by Crippen LogP contribution is 2.23. The number of imide groups is 1. The van der Waals surface area contributed by atoms with Crippen LogP contribution in [0, 0.1) is 0 Å². The highest BCUT2D eigenvalue weighted by Gasteiger charge is 2.31. The number of nitrogens with one attached hydrogen (secondary N) is 1. The average Bonchev–Trinajstić information content (AvgIpc) is 2.89. The van der Waals surface area contributed by atoms with Crippen molar-refractivity contribution in [2.24, 2.45) is 0 Å². The van der Waals surface area contributed by atoms with Gasteiger partial charge in [-0.05, 0) is 24.3 Å². The molecule has 9 nitrogen and oxygen atoms in total. The largest absolute Gasteiger partial charge is 0.460 e. The minimum atomic E-state index is -0.658. The van der Waals surface area contributed by atoms with Crippen LogP contribution in [-0.2, 0) is 9.47 Å². The highest BCUT2D eigenvalue weighted by atomic mass is 16.6. The Kier molecular flexibility index (Phi) is 4.55. The number of methoxy groups -OCH3 is 1. The summed E-state index contributed by atoms with van der Waals surface area (Å²) < 4.78 is 10.9. The van der Waals surface area contributed by atoms with Gasteiger partial charge in [0.15, 0.2) is 0 Å². The van der Waals surface area contributed by atoms with E-state index in [1.54, 1.807) is 0 Å². The number of carbonyl (C=O) groups excluding carboxylic acids is 3. The van der Waals surface area contributed by atoms with Crippen LogP contribution in [-0.4, -0.2) is 42.7 Å². The lowest BCUT2D eigenvalue weighted by atomic mass is 10.1. The second-order valence-electron chi connectivity index (χ2n) is 5.45. The molecule has 0 saturated carbocycles. The van der Waals surface area contributed by atoms with Crippen molar-refractivity contribution in [1.82, 2.24) is 9.88 Å². The monoisotopic (exact) mass is 357 g/mol. The summed E-state index contributed by atoms with van der Waals surface area (Å²) in [5, 5.41) is 2.10. The SMILES string of the molecule is COCCOC(=O)c1ccc(-n2c(N)c3c(cc2=O)C(=O)NC3=O)cc1. The van der Waals surface area contributed by atoms with Crippen molar-refractivity contribution < 1.29 is 23.9 Å². The van der Waals surface area contributed by atoms with Crippen molar-refractivity contribution in [3.63, 3.8) is 0 Å². The second kappa shape index (κ2) is 6.81. The number of esters is 1. The molecular weight excluding hydrogens is 342 g/mol. The number of nitrogen functional groups attached to an aromatic ring is 1. The van der Waals surface area contributed by atoms with Crippen molar-refractivity contribution in [2.75, 3.05) is 26.1 Å². The van der Waals surface area contributed by atoms with E-state index in [2.05, 4.69) is 5.32 Å². The summed E-state index contributed by atoms with van der Waals surface area (Å²) in [4.78, 5) is 47.7. The van der Waals surface area contributed by atoms with Gasteiger partial charge in [0.1, 0.15) is 12.4 Å². The van der Waals surface area contributed by atoms with E-state index >= 15 is 0 Å². The Morgan fingerprint density at radius 1 is 1.12 bits per heavy atom. The number of amides is 2. The molecule has 1 aliphatic rings. The van der Waals surface area contributed by atoms with Gasteiger partial charge in [0.25, 0.3) is 17.4 Å². The molecule has 2 heterocycles. The first-order valence-corrected chi connectivity index (χ1v) is 7.61. The van der Waals surface area contributed by atoms with E-state index in [1.165, 1.54) is 31.4 Å². The van der Waals surface area contributed by atoms with Crippen LogP contribution < -0.4 is 16.6 Å². The number of nitrogens with zero attached hydrogens (tertiary/aromatic N) is 1. The Morgan fingerprint density at radius 2 is 1.81 bits per heavy atom. The number of hydrogen-bond acceptors (Lipinski definition) is 7. The van der Waals surface area contributed by atoms with Gasteiger partial charge in [0.2, 0.25) is 0 Å². The zero-order valence-electron chi connectivity index (χ0n) is 13.8. The van der Waals surface area contributed by atoms with Crippen LogP contribution in [0.15, 0.2) is 35.1 Å². The van der Waals surface area contributed by atoms with Gasteiger partial charge in [0, 0.05) is 13.2 Å². The third-order valence-corrected chi connectivity index (χ3v) is 3.84. The van der Waals surface area contributed by atoms with Crippen LogP contribution in [0.3, 0.4) is 0 Å². The summed E-state index contributed by atoms with van der Waals surface area (Å²) >= 11 is 0. The normalized spacial score (nSPS) is 12.7. The maximum Gasteiger partial charge on any atom is 0.338 e. The van der Waals surface area contributed by atoms with Crippen molar-refractivity contribution in [3.05, 3.63) is 57.4 Å². The van der Waals surface area contributed by atoms with Crippen LogP contribution in [0.2, 0.25) is 0 Å². The molecule has 0 aliphatic carbocycles. The van der Waals surface area contributed by atoms with E-state index in [0.29, 0.717) is 5.69 Å². The number of ether oxygens (including phenoxy) is 2. The van der Waals surface area contributed by atoms with E-state index in [-0.39, 0.29) is 35.7 Å². The molecule has 0 atom stereocenters. The van der Waals surface area contributed by atoms with Crippen molar-refractivity contribution >= 4 is 23.6 Å². The van der Waals surface area contributed by atoms with Gasteiger partial charge in [-0.1, -0.05) is 0 Å². The minimum absolute atomic E-state index is 0.0438. The van der Waals surface area contributed by atoms with Gasteiger partial charge in [-0.25, -0.2) is 4.79 Å². The molecule has 0 fully saturated rings. The number of pyridine rings is 1. The summed E-state index contributed by atoms with van der Waals surface area (Å²) in [5.74, 6) is -2.00. The maximum atomic E-state index is 12.3. The molecule has 3 rings (SSSR count). The fraction of sp³-hybridized carbons (Fsp3) is 0.176. The van der Waals surface area contributed by atoms with Gasteiger partial charge < -0.3 is 15.2 Å². The Morgan fingerprint density at radius 3 is 2.46 bits per heavy atom. The summed E-state index contributed by atoms with van der Waals surface area (Å²) in [6, 6.07) is 6.97. The smallest absolute Gasteiger partial charge is 0.338 e. The van der Waals surface area contributed by atoms with Crippen molar-refractivity contribution in [1.29, 1.82) is 0 Å². The maximum absolute atomic E-state index is 12.3. The van der Waals surface area contributed by atoms with E-state index in [0.717, 1.165) is 10.6 Å². The molecule has 1 aromatic carbocycles. The molecule has 0 saturated heterocycles. The molecule has 0 bridgehead atoms. The molecule has 0 spiro atoms. The molecule has 3 N–H and O–H groups in total. The Hall–Kier alpha value is -3.46. The number of carbonyl (C=O) groups is 3. The quantitative estimate of drug-likeness (QED) is 0.441.